The first-order valence-corrected chi connectivity index (χ1v) is 5.07. The highest BCUT2D eigenvalue weighted by Crippen LogP contribution is 2.31. The second kappa shape index (κ2) is 3.90. The Morgan fingerprint density at radius 3 is 3.00 bits per heavy atom. The van der Waals surface area contributed by atoms with Crippen LogP contribution in [-0.4, -0.2) is 25.7 Å². The van der Waals surface area contributed by atoms with Crippen molar-refractivity contribution in [1.29, 1.82) is 0 Å². The molecule has 15 heavy (non-hydrogen) atoms. The van der Waals surface area contributed by atoms with E-state index in [2.05, 4.69) is 5.32 Å². The van der Waals surface area contributed by atoms with Crippen LogP contribution in [0.1, 0.15) is 5.56 Å². The molecule has 1 heterocycles. The van der Waals surface area contributed by atoms with E-state index in [0.717, 1.165) is 12.1 Å². The van der Waals surface area contributed by atoms with E-state index in [9.17, 15) is 4.79 Å². The molecule has 1 aromatic rings. The summed E-state index contributed by atoms with van der Waals surface area (Å²) in [7, 11) is 1.64. The van der Waals surface area contributed by atoms with Crippen molar-refractivity contribution in [1.82, 2.24) is 5.32 Å². The zero-order valence-electron chi connectivity index (χ0n) is 8.73. The molecule has 1 aliphatic rings. The number of amides is 2. The van der Waals surface area contributed by atoms with E-state index in [1.807, 2.05) is 24.3 Å². The van der Waals surface area contributed by atoms with Gasteiger partial charge >= 0.3 is 6.03 Å². The minimum Gasteiger partial charge on any atom is -0.341 e. The molecule has 0 bridgehead atoms. The molecule has 2 amide bonds. The molecule has 1 aromatic carbocycles. The smallest absolute Gasteiger partial charge is 0.321 e. The van der Waals surface area contributed by atoms with Gasteiger partial charge in [-0.15, -0.1) is 0 Å². The topological polar surface area (TPSA) is 58.4 Å². The lowest BCUT2D eigenvalue weighted by Gasteiger charge is -2.23. The van der Waals surface area contributed by atoms with Crippen molar-refractivity contribution in [3.05, 3.63) is 29.8 Å². The second-order valence-electron chi connectivity index (χ2n) is 3.65. The number of rotatable bonds is 1. The third kappa shape index (κ3) is 1.57. The summed E-state index contributed by atoms with van der Waals surface area (Å²) in [6.07, 6.45) is 0.847. The first kappa shape index (κ1) is 9.98. The summed E-state index contributed by atoms with van der Waals surface area (Å²) in [6, 6.07) is 7.92. The molecule has 3 N–H and O–H groups in total. The van der Waals surface area contributed by atoms with Crippen LogP contribution in [0.4, 0.5) is 10.5 Å². The molecule has 4 heteroatoms. The number of carbonyl (C=O) groups excluding carboxylic acids is 1. The lowest BCUT2D eigenvalue weighted by atomic mass is 10.1. The molecule has 4 nitrogen and oxygen atoms in total. The molecule has 0 radical (unpaired) electrons. The minimum absolute atomic E-state index is 0.0855. The predicted octanol–water partition coefficient (Wildman–Crippen LogP) is 0.716. The van der Waals surface area contributed by atoms with E-state index in [1.165, 1.54) is 5.56 Å². The number of carbonyl (C=O) groups is 1. The van der Waals surface area contributed by atoms with Gasteiger partial charge in [0.15, 0.2) is 0 Å². The van der Waals surface area contributed by atoms with Gasteiger partial charge in [-0.2, -0.15) is 0 Å². The Kier molecular flexibility index (Phi) is 2.60. The van der Waals surface area contributed by atoms with Crippen LogP contribution >= 0.6 is 0 Å². The SMILES string of the molecule is CNC(=O)N1c2ccccc2CC1CN. The van der Waals surface area contributed by atoms with Crippen molar-refractivity contribution in [2.24, 2.45) is 5.73 Å². The molecule has 0 aromatic heterocycles. The highest BCUT2D eigenvalue weighted by atomic mass is 16.2. The van der Waals surface area contributed by atoms with Crippen LogP contribution < -0.4 is 16.0 Å². The maximum Gasteiger partial charge on any atom is 0.321 e. The summed E-state index contributed by atoms with van der Waals surface area (Å²) in [5, 5.41) is 2.64. The van der Waals surface area contributed by atoms with Crippen LogP contribution in [-0.2, 0) is 6.42 Å². The number of para-hydroxylation sites is 1. The fourth-order valence-corrected chi connectivity index (χ4v) is 2.04. The zero-order valence-corrected chi connectivity index (χ0v) is 8.73. The average Bonchev–Trinajstić information content (AvgIpc) is 2.66. The zero-order chi connectivity index (χ0) is 10.8. The van der Waals surface area contributed by atoms with E-state index in [-0.39, 0.29) is 12.1 Å². The van der Waals surface area contributed by atoms with Crippen LogP contribution in [0.5, 0.6) is 0 Å². The summed E-state index contributed by atoms with van der Waals surface area (Å²) >= 11 is 0. The fraction of sp³-hybridized carbons (Fsp3) is 0.364. The number of nitrogens with two attached hydrogens (primary N) is 1. The molecular weight excluding hydrogens is 190 g/mol. The lowest BCUT2D eigenvalue weighted by Crippen LogP contribution is -2.46. The maximum absolute atomic E-state index is 11.7. The van der Waals surface area contributed by atoms with Gasteiger partial charge in [0, 0.05) is 19.3 Å². The average molecular weight is 205 g/mol. The number of nitrogens with one attached hydrogen (secondary N) is 1. The van der Waals surface area contributed by atoms with Gasteiger partial charge in [-0.3, -0.25) is 4.90 Å². The van der Waals surface area contributed by atoms with Gasteiger partial charge in [0.1, 0.15) is 0 Å². The van der Waals surface area contributed by atoms with E-state index in [0.29, 0.717) is 6.54 Å². The third-order valence-corrected chi connectivity index (χ3v) is 2.78. The molecule has 0 saturated heterocycles. The van der Waals surface area contributed by atoms with Gasteiger partial charge in [-0.05, 0) is 18.1 Å². The van der Waals surface area contributed by atoms with Crippen molar-refractivity contribution < 1.29 is 4.79 Å². The van der Waals surface area contributed by atoms with Crippen molar-refractivity contribution in [3.8, 4) is 0 Å². The number of hydrogen-bond acceptors (Lipinski definition) is 2. The van der Waals surface area contributed by atoms with Crippen LogP contribution in [0.15, 0.2) is 24.3 Å². The Labute approximate surface area is 89.1 Å². The molecule has 2 rings (SSSR count). The lowest BCUT2D eigenvalue weighted by molar-refractivity contribution is 0.246. The van der Waals surface area contributed by atoms with Crippen molar-refractivity contribution in [2.75, 3.05) is 18.5 Å². The number of urea groups is 1. The molecule has 0 fully saturated rings. The summed E-state index contributed by atoms with van der Waals surface area (Å²) in [5.74, 6) is 0. The van der Waals surface area contributed by atoms with Gasteiger partial charge in [0.25, 0.3) is 0 Å². The normalized spacial score (nSPS) is 18.8. The van der Waals surface area contributed by atoms with E-state index >= 15 is 0 Å². The van der Waals surface area contributed by atoms with Gasteiger partial charge in [0.05, 0.1) is 6.04 Å². The highest BCUT2D eigenvalue weighted by molar-refractivity contribution is 5.94. The van der Waals surface area contributed by atoms with E-state index in [4.69, 9.17) is 5.73 Å². The number of hydrogen-bond donors (Lipinski definition) is 2. The highest BCUT2D eigenvalue weighted by Gasteiger charge is 2.31. The third-order valence-electron chi connectivity index (χ3n) is 2.78. The Hall–Kier alpha value is -1.55. The summed E-state index contributed by atoms with van der Waals surface area (Å²) in [5.41, 5.74) is 7.84. The van der Waals surface area contributed by atoms with Gasteiger partial charge < -0.3 is 11.1 Å². The number of fused-ring (bicyclic) bond motifs is 1. The van der Waals surface area contributed by atoms with Crippen molar-refractivity contribution in [2.45, 2.75) is 12.5 Å². The Morgan fingerprint density at radius 1 is 1.60 bits per heavy atom. The minimum atomic E-state index is -0.0876. The first-order chi connectivity index (χ1) is 7.27. The number of nitrogens with zero attached hydrogens (tertiary/aromatic N) is 1. The Bertz CT molecular complexity index is 378. The Morgan fingerprint density at radius 2 is 2.33 bits per heavy atom. The van der Waals surface area contributed by atoms with Crippen molar-refractivity contribution in [3.63, 3.8) is 0 Å². The van der Waals surface area contributed by atoms with Gasteiger partial charge in [0.2, 0.25) is 0 Å². The quantitative estimate of drug-likeness (QED) is 0.709. The largest absolute Gasteiger partial charge is 0.341 e. The molecule has 0 aliphatic carbocycles. The summed E-state index contributed by atoms with van der Waals surface area (Å²) < 4.78 is 0. The predicted molar refractivity (Wildman–Crippen MR) is 59.9 cm³/mol. The molecule has 0 saturated carbocycles. The Balaban J connectivity index is 2.38. The summed E-state index contributed by atoms with van der Waals surface area (Å²) in [4.78, 5) is 13.5. The molecule has 1 atom stereocenters. The molecular formula is C11H15N3O. The van der Waals surface area contributed by atoms with Gasteiger partial charge in [-0.1, -0.05) is 18.2 Å². The van der Waals surface area contributed by atoms with Gasteiger partial charge in [-0.25, -0.2) is 4.79 Å². The number of anilines is 1. The molecule has 0 spiro atoms. The molecule has 1 aliphatic heterocycles. The second-order valence-corrected chi connectivity index (χ2v) is 3.65. The van der Waals surface area contributed by atoms with E-state index < -0.39 is 0 Å². The van der Waals surface area contributed by atoms with Crippen molar-refractivity contribution >= 4 is 11.7 Å². The van der Waals surface area contributed by atoms with Crippen LogP contribution in [0.2, 0.25) is 0 Å². The monoisotopic (exact) mass is 205 g/mol. The molecule has 1 unspecified atom stereocenters. The molecule has 80 valence electrons. The van der Waals surface area contributed by atoms with Crippen LogP contribution in [0.3, 0.4) is 0 Å². The van der Waals surface area contributed by atoms with Crippen LogP contribution in [0, 0.1) is 0 Å². The fourth-order valence-electron chi connectivity index (χ4n) is 2.04. The maximum atomic E-state index is 11.7. The summed E-state index contributed by atoms with van der Waals surface area (Å²) in [6.45, 7) is 0.488. The first-order valence-electron chi connectivity index (χ1n) is 5.07. The van der Waals surface area contributed by atoms with E-state index in [1.54, 1.807) is 11.9 Å². The number of benzene rings is 1. The van der Waals surface area contributed by atoms with Crippen LogP contribution in [0.25, 0.3) is 0 Å². The standard InChI is InChI=1S/C11H15N3O/c1-13-11(15)14-9(7-12)6-8-4-2-3-5-10(8)14/h2-5,9H,6-7,12H2,1H3,(H,13,15).